The average Bonchev–Trinajstić information content (AvgIpc) is 2.43. The van der Waals surface area contributed by atoms with Gasteiger partial charge >= 0.3 is 0 Å². The van der Waals surface area contributed by atoms with Crippen LogP contribution in [-0.4, -0.2) is 12.1 Å². The van der Waals surface area contributed by atoms with Crippen LogP contribution < -0.4 is 10.1 Å². The molecular formula is C12H7BrF4N2O. The number of aromatic nitrogens is 1. The summed E-state index contributed by atoms with van der Waals surface area (Å²) in [6.07, 6.45) is 0. The number of anilines is 2. The number of methoxy groups -OCH3 is 1. The van der Waals surface area contributed by atoms with Gasteiger partial charge in [-0.2, -0.15) is 22.5 Å². The first-order valence-electron chi connectivity index (χ1n) is 5.24. The Kier molecular flexibility index (Phi) is 4.12. The lowest BCUT2D eigenvalue weighted by molar-refractivity contribution is 0.411. The summed E-state index contributed by atoms with van der Waals surface area (Å²) in [6.45, 7) is 0. The third-order valence-corrected chi connectivity index (χ3v) is 3.12. The minimum absolute atomic E-state index is 0.173. The van der Waals surface area contributed by atoms with E-state index in [1.54, 1.807) is 12.1 Å². The molecule has 0 saturated carbocycles. The smallest absolute Gasteiger partial charge is 0.253 e. The summed E-state index contributed by atoms with van der Waals surface area (Å²) in [4.78, 5) is 2.47. The van der Waals surface area contributed by atoms with Crippen molar-refractivity contribution in [3.8, 4) is 5.75 Å². The molecule has 1 aromatic heterocycles. The van der Waals surface area contributed by atoms with E-state index in [2.05, 4.69) is 26.2 Å². The normalized spacial score (nSPS) is 10.5. The van der Waals surface area contributed by atoms with Crippen molar-refractivity contribution in [3.63, 3.8) is 0 Å². The molecule has 2 rings (SSSR count). The van der Waals surface area contributed by atoms with E-state index in [1.165, 1.54) is 13.2 Å². The van der Waals surface area contributed by atoms with E-state index in [0.717, 1.165) is 0 Å². The fourth-order valence-electron chi connectivity index (χ4n) is 1.46. The molecule has 0 aliphatic heterocycles. The summed E-state index contributed by atoms with van der Waals surface area (Å²) in [6, 6.07) is 4.54. The molecule has 0 bridgehead atoms. The number of benzene rings is 1. The summed E-state index contributed by atoms with van der Waals surface area (Å²) in [5.41, 5.74) is -0.795. The summed E-state index contributed by atoms with van der Waals surface area (Å²) in [5, 5.41) is 2.27. The topological polar surface area (TPSA) is 34.1 Å². The van der Waals surface area contributed by atoms with Gasteiger partial charge in [-0.25, -0.2) is 0 Å². The second kappa shape index (κ2) is 5.66. The highest BCUT2D eigenvalue weighted by Crippen LogP contribution is 2.32. The Labute approximate surface area is 119 Å². The summed E-state index contributed by atoms with van der Waals surface area (Å²) >= 11 is 3.14. The minimum Gasteiger partial charge on any atom is -0.497 e. The fourth-order valence-corrected chi connectivity index (χ4v) is 1.80. The number of hydrogen-bond acceptors (Lipinski definition) is 3. The van der Waals surface area contributed by atoms with E-state index < -0.39 is 29.2 Å². The molecule has 20 heavy (non-hydrogen) atoms. The largest absolute Gasteiger partial charge is 0.497 e. The Balaban J connectivity index is 2.50. The second-order valence-electron chi connectivity index (χ2n) is 3.67. The van der Waals surface area contributed by atoms with E-state index in [4.69, 9.17) is 4.74 Å². The van der Waals surface area contributed by atoms with Crippen molar-refractivity contribution in [1.29, 1.82) is 0 Å². The van der Waals surface area contributed by atoms with Gasteiger partial charge in [0.1, 0.15) is 11.4 Å². The van der Waals surface area contributed by atoms with Crippen molar-refractivity contribution in [2.75, 3.05) is 12.4 Å². The molecule has 0 spiro atoms. The SMILES string of the molecule is COc1ccc(Br)c(Nc2c(F)c(F)nc(F)c2F)c1. The zero-order valence-electron chi connectivity index (χ0n) is 9.98. The predicted octanol–water partition coefficient (Wildman–Crippen LogP) is 4.15. The number of pyridine rings is 1. The van der Waals surface area contributed by atoms with Gasteiger partial charge in [-0.05, 0) is 28.1 Å². The van der Waals surface area contributed by atoms with Crippen molar-refractivity contribution in [2.45, 2.75) is 0 Å². The van der Waals surface area contributed by atoms with Crippen LogP contribution in [0.5, 0.6) is 5.75 Å². The molecule has 0 unspecified atom stereocenters. The van der Waals surface area contributed by atoms with Crippen molar-refractivity contribution >= 4 is 27.3 Å². The third kappa shape index (κ3) is 2.69. The fraction of sp³-hybridized carbons (Fsp3) is 0.0833. The van der Waals surface area contributed by atoms with E-state index in [1.807, 2.05) is 0 Å². The molecule has 8 heteroatoms. The lowest BCUT2D eigenvalue weighted by Gasteiger charge is -2.12. The predicted molar refractivity (Wildman–Crippen MR) is 68.0 cm³/mol. The lowest BCUT2D eigenvalue weighted by atomic mass is 10.2. The molecule has 0 atom stereocenters. The van der Waals surface area contributed by atoms with Crippen LogP contribution in [-0.2, 0) is 0 Å². The highest BCUT2D eigenvalue weighted by Gasteiger charge is 2.21. The third-order valence-electron chi connectivity index (χ3n) is 2.43. The molecule has 0 saturated heterocycles. The van der Waals surface area contributed by atoms with Gasteiger partial charge in [0.05, 0.1) is 12.8 Å². The molecule has 1 heterocycles. The van der Waals surface area contributed by atoms with Crippen LogP contribution in [0.15, 0.2) is 22.7 Å². The van der Waals surface area contributed by atoms with Gasteiger partial charge in [0.25, 0.3) is 11.9 Å². The Hall–Kier alpha value is -1.83. The molecular weight excluding hydrogens is 344 g/mol. The molecule has 106 valence electrons. The molecule has 2 aromatic rings. The van der Waals surface area contributed by atoms with Gasteiger partial charge in [-0.1, -0.05) is 0 Å². The van der Waals surface area contributed by atoms with Crippen molar-refractivity contribution < 1.29 is 22.3 Å². The number of nitrogens with one attached hydrogen (secondary N) is 1. The number of nitrogens with zero attached hydrogens (tertiary/aromatic N) is 1. The quantitative estimate of drug-likeness (QED) is 0.666. The van der Waals surface area contributed by atoms with Gasteiger partial charge in [-0.3, -0.25) is 0 Å². The Morgan fingerprint density at radius 3 is 2.25 bits per heavy atom. The lowest BCUT2D eigenvalue weighted by Crippen LogP contribution is -2.06. The maximum absolute atomic E-state index is 13.5. The number of ether oxygens (including phenoxy) is 1. The zero-order chi connectivity index (χ0) is 14.9. The first-order valence-corrected chi connectivity index (χ1v) is 6.04. The second-order valence-corrected chi connectivity index (χ2v) is 4.52. The van der Waals surface area contributed by atoms with E-state index in [9.17, 15) is 17.6 Å². The van der Waals surface area contributed by atoms with Crippen LogP contribution in [0.3, 0.4) is 0 Å². The van der Waals surface area contributed by atoms with E-state index in [0.29, 0.717) is 10.2 Å². The first-order chi connectivity index (χ1) is 9.43. The highest BCUT2D eigenvalue weighted by atomic mass is 79.9. The Morgan fingerprint density at radius 1 is 1.10 bits per heavy atom. The minimum atomic E-state index is -1.73. The molecule has 0 aliphatic rings. The number of rotatable bonds is 3. The van der Waals surface area contributed by atoms with Gasteiger partial charge in [-0.15, -0.1) is 0 Å². The Morgan fingerprint density at radius 2 is 1.70 bits per heavy atom. The monoisotopic (exact) mass is 350 g/mol. The molecule has 0 fully saturated rings. The van der Waals surface area contributed by atoms with Crippen LogP contribution in [0, 0.1) is 23.5 Å². The number of halogens is 5. The summed E-state index contributed by atoms with van der Waals surface area (Å²) in [5.74, 6) is -6.29. The van der Waals surface area contributed by atoms with Crippen LogP contribution in [0.1, 0.15) is 0 Å². The molecule has 0 aliphatic carbocycles. The van der Waals surface area contributed by atoms with Gasteiger partial charge in [0, 0.05) is 10.5 Å². The Bertz CT molecular complexity index is 640. The van der Waals surface area contributed by atoms with Crippen molar-refractivity contribution in [1.82, 2.24) is 4.98 Å². The maximum Gasteiger partial charge on any atom is 0.253 e. The molecule has 3 nitrogen and oxygen atoms in total. The zero-order valence-corrected chi connectivity index (χ0v) is 11.6. The van der Waals surface area contributed by atoms with E-state index >= 15 is 0 Å². The van der Waals surface area contributed by atoms with Crippen LogP contribution in [0.4, 0.5) is 28.9 Å². The molecule has 0 amide bonds. The summed E-state index contributed by atoms with van der Waals surface area (Å²) < 4.78 is 58.3. The standard InChI is InChI=1S/C12H7BrF4N2O/c1-20-5-2-3-6(13)7(4-5)18-10-8(14)11(16)19-12(17)9(10)15/h2-4H,1H3,(H,18,19). The van der Waals surface area contributed by atoms with Crippen LogP contribution >= 0.6 is 15.9 Å². The van der Waals surface area contributed by atoms with Gasteiger partial charge in [0.2, 0.25) is 11.6 Å². The molecule has 0 radical (unpaired) electrons. The van der Waals surface area contributed by atoms with E-state index in [-0.39, 0.29) is 5.69 Å². The molecule has 1 N–H and O–H groups in total. The number of hydrogen-bond donors (Lipinski definition) is 1. The van der Waals surface area contributed by atoms with Crippen molar-refractivity contribution in [3.05, 3.63) is 46.2 Å². The van der Waals surface area contributed by atoms with Crippen molar-refractivity contribution in [2.24, 2.45) is 0 Å². The van der Waals surface area contributed by atoms with Gasteiger partial charge < -0.3 is 10.1 Å². The highest BCUT2D eigenvalue weighted by molar-refractivity contribution is 9.10. The van der Waals surface area contributed by atoms with Crippen LogP contribution in [0.25, 0.3) is 0 Å². The van der Waals surface area contributed by atoms with Crippen LogP contribution in [0.2, 0.25) is 0 Å². The maximum atomic E-state index is 13.5. The average molecular weight is 351 g/mol. The summed E-state index contributed by atoms with van der Waals surface area (Å²) in [7, 11) is 1.40. The molecule has 1 aromatic carbocycles. The first kappa shape index (κ1) is 14.6. The van der Waals surface area contributed by atoms with Gasteiger partial charge in [0.15, 0.2) is 0 Å².